The summed E-state index contributed by atoms with van der Waals surface area (Å²) in [5.41, 5.74) is 0.496. The largest absolute Gasteiger partial charge is 0.318 e. The standard InChI is InChI=1S/C12H12N2O4S2/c15-11-9-7-8(1-2-10(9)13-12(11)16)20(17,18)14-3-5-19-6-4-14/h1-2,7H,3-6H2,(H,13,15,16). The van der Waals surface area contributed by atoms with Crippen LogP contribution < -0.4 is 5.32 Å². The third-order valence-electron chi connectivity index (χ3n) is 3.30. The molecule has 106 valence electrons. The number of sulfonamides is 1. The molecule has 1 N–H and O–H groups in total. The maximum atomic E-state index is 12.5. The molecule has 0 bridgehead atoms. The molecule has 0 unspecified atom stereocenters. The molecule has 8 heteroatoms. The molecule has 0 atom stereocenters. The first-order valence-corrected chi connectivity index (χ1v) is 8.67. The number of carbonyl (C=O) groups excluding carboxylic acids is 2. The van der Waals surface area contributed by atoms with Gasteiger partial charge in [-0.1, -0.05) is 0 Å². The van der Waals surface area contributed by atoms with Gasteiger partial charge in [-0.25, -0.2) is 8.42 Å². The van der Waals surface area contributed by atoms with E-state index in [9.17, 15) is 18.0 Å². The van der Waals surface area contributed by atoms with Gasteiger partial charge in [-0.3, -0.25) is 9.59 Å². The van der Waals surface area contributed by atoms with Crippen molar-refractivity contribution in [3.8, 4) is 0 Å². The number of Topliss-reactive ketones (excluding diaryl/α,β-unsaturated/α-hetero) is 1. The number of carbonyl (C=O) groups is 2. The number of amides is 1. The maximum Gasteiger partial charge on any atom is 0.296 e. The van der Waals surface area contributed by atoms with Gasteiger partial charge in [-0.2, -0.15) is 16.1 Å². The molecular formula is C12H12N2O4S2. The second-order valence-electron chi connectivity index (χ2n) is 4.51. The third kappa shape index (κ3) is 2.13. The molecule has 0 radical (unpaired) electrons. The summed E-state index contributed by atoms with van der Waals surface area (Å²) in [6.07, 6.45) is 0. The van der Waals surface area contributed by atoms with Crippen LogP contribution in [-0.4, -0.2) is 49.0 Å². The van der Waals surface area contributed by atoms with E-state index in [4.69, 9.17) is 0 Å². The predicted octanol–water partition coefficient (Wildman–Crippen LogP) is 0.559. The smallest absolute Gasteiger partial charge is 0.296 e. The van der Waals surface area contributed by atoms with Crippen molar-refractivity contribution in [3.63, 3.8) is 0 Å². The van der Waals surface area contributed by atoms with Crippen LogP contribution in [0.4, 0.5) is 5.69 Å². The van der Waals surface area contributed by atoms with Crippen LogP contribution in [0.25, 0.3) is 0 Å². The average molecular weight is 312 g/mol. The fourth-order valence-corrected chi connectivity index (χ4v) is 4.82. The molecular weight excluding hydrogens is 300 g/mol. The van der Waals surface area contributed by atoms with Gasteiger partial charge in [0.05, 0.1) is 16.1 Å². The van der Waals surface area contributed by atoms with E-state index in [1.54, 1.807) is 11.8 Å². The van der Waals surface area contributed by atoms with Crippen LogP contribution >= 0.6 is 11.8 Å². The maximum absolute atomic E-state index is 12.5. The van der Waals surface area contributed by atoms with Gasteiger partial charge in [0.2, 0.25) is 10.0 Å². The van der Waals surface area contributed by atoms with Crippen LogP contribution in [0.15, 0.2) is 23.1 Å². The number of benzene rings is 1. The molecule has 1 saturated heterocycles. The lowest BCUT2D eigenvalue weighted by Crippen LogP contribution is -2.37. The lowest BCUT2D eigenvalue weighted by molar-refractivity contribution is -0.112. The summed E-state index contributed by atoms with van der Waals surface area (Å²) in [6.45, 7) is 0.935. The molecule has 1 amide bonds. The van der Waals surface area contributed by atoms with Crippen LogP contribution in [0.3, 0.4) is 0 Å². The number of ketones is 1. The number of nitrogens with zero attached hydrogens (tertiary/aromatic N) is 1. The minimum absolute atomic E-state index is 0.0630. The second kappa shape index (κ2) is 4.87. The summed E-state index contributed by atoms with van der Waals surface area (Å²) in [4.78, 5) is 23.0. The SMILES string of the molecule is O=C1Nc2ccc(S(=O)(=O)N3CCSCC3)cc2C1=O. The molecule has 0 spiro atoms. The van der Waals surface area contributed by atoms with E-state index in [0.29, 0.717) is 18.8 Å². The molecule has 1 aromatic rings. The van der Waals surface area contributed by atoms with Crippen molar-refractivity contribution < 1.29 is 18.0 Å². The quantitative estimate of drug-likeness (QED) is 0.807. The van der Waals surface area contributed by atoms with E-state index >= 15 is 0 Å². The third-order valence-corrected chi connectivity index (χ3v) is 6.14. The Bertz CT molecular complexity index is 693. The lowest BCUT2D eigenvalue weighted by atomic mass is 10.1. The number of nitrogens with one attached hydrogen (secondary N) is 1. The van der Waals surface area contributed by atoms with Crippen molar-refractivity contribution >= 4 is 39.2 Å². The highest BCUT2D eigenvalue weighted by atomic mass is 32.2. The Morgan fingerprint density at radius 3 is 2.55 bits per heavy atom. The number of fused-ring (bicyclic) bond motifs is 1. The fourth-order valence-electron chi connectivity index (χ4n) is 2.22. The average Bonchev–Trinajstić information content (AvgIpc) is 2.75. The van der Waals surface area contributed by atoms with Gasteiger partial charge in [-0.05, 0) is 18.2 Å². The molecule has 1 aromatic carbocycles. The van der Waals surface area contributed by atoms with Gasteiger partial charge in [0.1, 0.15) is 0 Å². The minimum Gasteiger partial charge on any atom is -0.318 e. The first-order valence-electron chi connectivity index (χ1n) is 6.08. The normalized spacial score (nSPS) is 19.8. The van der Waals surface area contributed by atoms with Gasteiger partial charge in [0.25, 0.3) is 11.7 Å². The summed E-state index contributed by atoms with van der Waals surface area (Å²) in [5.74, 6) is 0.127. The first kappa shape index (κ1) is 13.6. The molecule has 0 aliphatic carbocycles. The Morgan fingerprint density at radius 1 is 1.15 bits per heavy atom. The Hall–Kier alpha value is -1.38. The Morgan fingerprint density at radius 2 is 1.85 bits per heavy atom. The fraction of sp³-hybridized carbons (Fsp3) is 0.333. The molecule has 3 rings (SSSR count). The second-order valence-corrected chi connectivity index (χ2v) is 7.67. The molecule has 1 fully saturated rings. The first-order chi connectivity index (χ1) is 9.50. The van der Waals surface area contributed by atoms with E-state index in [1.165, 1.54) is 22.5 Å². The molecule has 2 heterocycles. The molecule has 2 aliphatic heterocycles. The van der Waals surface area contributed by atoms with Crippen molar-refractivity contribution in [3.05, 3.63) is 23.8 Å². The van der Waals surface area contributed by atoms with Crippen molar-refractivity contribution in [1.82, 2.24) is 4.31 Å². The summed E-state index contributed by atoms with van der Waals surface area (Å²) in [5, 5.41) is 2.41. The van der Waals surface area contributed by atoms with Gasteiger partial charge in [0, 0.05) is 24.6 Å². The van der Waals surface area contributed by atoms with Gasteiger partial charge in [0.15, 0.2) is 0 Å². The van der Waals surface area contributed by atoms with Crippen LogP contribution in [-0.2, 0) is 14.8 Å². The highest BCUT2D eigenvalue weighted by Crippen LogP contribution is 2.28. The van der Waals surface area contributed by atoms with Crippen LogP contribution in [0.2, 0.25) is 0 Å². The van der Waals surface area contributed by atoms with Gasteiger partial charge >= 0.3 is 0 Å². The van der Waals surface area contributed by atoms with E-state index in [2.05, 4.69) is 5.32 Å². The van der Waals surface area contributed by atoms with Crippen molar-refractivity contribution in [2.75, 3.05) is 29.9 Å². The van der Waals surface area contributed by atoms with Crippen LogP contribution in [0, 0.1) is 0 Å². The summed E-state index contributed by atoms with van der Waals surface area (Å²) in [7, 11) is -3.60. The van der Waals surface area contributed by atoms with E-state index in [0.717, 1.165) is 11.5 Å². The summed E-state index contributed by atoms with van der Waals surface area (Å²) >= 11 is 1.72. The summed E-state index contributed by atoms with van der Waals surface area (Å²) in [6, 6.07) is 4.17. The molecule has 2 aliphatic rings. The Kier molecular flexibility index (Phi) is 3.31. The van der Waals surface area contributed by atoms with E-state index in [1.807, 2.05) is 0 Å². The number of anilines is 1. The molecule has 0 aromatic heterocycles. The zero-order valence-corrected chi connectivity index (χ0v) is 12.1. The highest BCUT2D eigenvalue weighted by molar-refractivity contribution is 7.99. The Balaban J connectivity index is 1.99. The molecule has 0 saturated carbocycles. The molecule has 20 heavy (non-hydrogen) atoms. The highest BCUT2D eigenvalue weighted by Gasteiger charge is 2.32. The van der Waals surface area contributed by atoms with Crippen molar-refractivity contribution in [1.29, 1.82) is 0 Å². The van der Waals surface area contributed by atoms with E-state index < -0.39 is 21.7 Å². The van der Waals surface area contributed by atoms with Crippen molar-refractivity contribution in [2.45, 2.75) is 4.90 Å². The van der Waals surface area contributed by atoms with Crippen LogP contribution in [0.1, 0.15) is 10.4 Å². The zero-order valence-electron chi connectivity index (χ0n) is 10.5. The van der Waals surface area contributed by atoms with Crippen molar-refractivity contribution in [2.24, 2.45) is 0 Å². The topological polar surface area (TPSA) is 83.6 Å². The lowest BCUT2D eigenvalue weighted by Gasteiger charge is -2.25. The number of hydrogen-bond donors (Lipinski definition) is 1. The predicted molar refractivity (Wildman–Crippen MR) is 75.5 cm³/mol. The number of hydrogen-bond acceptors (Lipinski definition) is 5. The number of rotatable bonds is 2. The van der Waals surface area contributed by atoms with Gasteiger partial charge < -0.3 is 5.32 Å². The minimum atomic E-state index is -3.60. The van der Waals surface area contributed by atoms with E-state index in [-0.39, 0.29) is 10.5 Å². The number of thioether (sulfide) groups is 1. The monoisotopic (exact) mass is 312 g/mol. The molecule has 6 nitrogen and oxygen atoms in total. The summed E-state index contributed by atoms with van der Waals surface area (Å²) < 4.78 is 26.4. The zero-order chi connectivity index (χ0) is 14.3. The Labute approximate surface area is 120 Å². The van der Waals surface area contributed by atoms with Gasteiger partial charge in [-0.15, -0.1) is 0 Å². The van der Waals surface area contributed by atoms with Crippen LogP contribution in [0.5, 0.6) is 0 Å².